The van der Waals surface area contributed by atoms with Crippen LogP contribution in [0.2, 0.25) is 0 Å². The summed E-state index contributed by atoms with van der Waals surface area (Å²) in [5, 5.41) is 0.178. The Morgan fingerprint density at radius 3 is 2.38 bits per heavy atom. The Labute approximate surface area is 215 Å². The van der Waals surface area contributed by atoms with Crippen LogP contribution in [-0.2, 0) is 25.5 Å². The van der Waals surface area contributed by atoms with Crippen molar-refractivity contribution in [2.24, 2.45) is 0 Å². The van der Waals surface area contributed by atoms with Crippen molar-refractivity contribution in [3.8, 4) is 0 Å². The zero-order valence-corrected chi connectivity index (χ0v) is 21.2. The van der Waals surface area contributed by atoms with Gasteiger partial charge in [-0.3, -0.25) is 9.69 Å². The maximum absolute atomic E-state index is 14.7. The quantitative estimate of drug-likeness (QED) is 0.485. The van der Waals surface area contributed by atoms with Gasteiger partial charge in [-0.1, -0.05) is 18.5 Å². The van der Waals surface area contributed by atoms with Crippen LogP contribution in [0, 0.1) is 5.82 Å². The van der Waals surface area contributed by atoms with Gasteiger partial charge in [-0.2, -0.15) is 13.2 Å². The van der Waals surface area contributed by atoms with Gasteiger partial charge in [0.25, 0.3) is 0 Å². The number of amides is 1. The molecule has 8 nitrogen and oxygen atoms in total. The minimum atomic E-state index is -4.51. The highest BCUT2D eigenvalue weighted by Gasteiger charge is 2.34. The number of carbonyl (C=O) groups is 1. The molecule has 14 heteroatoms. The highest BCUT2D eigenvalue weighted by atomic mass is 35.5. The lowest BCUT2D eigenvalue weighted by Crippen LogP contribution is -2.42. The van der Waals surface area contributed by atoms with Crippen molar-refractivity contribution in [2.75, 3.05) is 28.6 Å². The average molecular weight is 563 g/mol. The topological polar surface area (TPSA) is 92.7 Å². The lowest BCUT2D eigenvalue weighted by molar-refractivity contribution is -0.138. The molecule has 1 atom stereocenters. The molecule has 2 aliphatic heterocycles. The molecule has 0 saturated carbocycles. The summed E-state index contributed by atoms with van der Waals surface area (Å²) in [6.07, 6.45) is -1.91. The van der Waals surface area contributed by atoms with Crippen LogP contribution in [0.1, 0.15) is 31.7 Å². The number of carbonyl (C=O) groups excluding carboxylic acids is 1. The van der Waals surface area contributed by atoms with Crippen molar-refractivity contribution >= 4 is 39.0 Å². The van der Waals surface area contributed by atoms with Crippen LogP contribution in [0.4, 0.5) is 29.2 Å². The number of alkyl halides is 3. The van der Waals surface area contributed by atoms with Crippen LogP contribution in [-0.4, -0.2) is 55.3 Å². The van der Waals surface area contributed by atoms with Crippen molar-refractivity contribution in [1.29, 1.82) is 0 Å². The Kier molecular flexibility index (Phi) is 7.77. The maximum atomic E-state index is 14.7. The first-order valence-corrected chi connectivity index (χ1v) is 13.4. The summed E-state index contributed by atoms with van der Waals surface area (Å²) in [5.41, 5.74) is -1.05. The molecule has 1 aromatic heterocycles. The highest BCUT2D eigenvalue weighted by molar-refractivity contribution is 7.91. The number of sulfone groups is 1. The maximum Gasteiger partial charge on any atom is 0.419 e. The van der Waals surface area contributed by atoms with Gasteiger partial charge >= 0.3 is 6.18 Å². The molecule has 1 saturated heterocycles. The lowest BCUT2D eigenvalue weighted by Gasteiger charge is -2.35. The van der Waals surface area contributed by atoms with Crippen LogP contribution in [0.25, 0.3) is 0 Å². The first kappa shape index (κ1) is 27.3. The van der Waals surface area contributed by atoms with Gasteiger partial charge in [-0.05, 0) is 31.0 Å². The van der Waals surface area contributed by atoms with E-state index in [1.807, 2.05) is 0 Å². The number of ether oxygens (including phenoxy) is 1. The van der Waals surface area contributed by atoms with E-state index >= 15 is 0 Å². The van der Waals surface area contributed by atoms with Crippen molar-refractivity contribution < 1.29 is 35.5 Å². The van der Waals surface area contributed by atoms with Crippen LogP contribution in [0.5, 0.6) is 0 Å². The molecule has 0 radical (unpaired) electrons. The SMILES string of the molecule is CCS(=O)(=O)c1ccc(N2C=C(Cl)C(OC3CCN(c4ncc(C(F)(F)F)cn4)CC3)CC2=O)c(F)c1. The number of piperidine rings is 1. The van der Waals surface area contributed by atoms with Gasteiger partial charge in [-0.15, -0.1) is 0 Å². The third kappa shape index (κ3) is 6.04. The number of hydrogen-bond donors (Lipinski definition) is 0. The number of anilines is 2. The van der Waals surface area contributed by atoms with E-state index in [4.69, 9.17) is 16.3 Å². The number of benzene rings is 1. The molecule has 3 heterocycles. The summed E-state index contributed by atoms with van der Waals surface area (Å²) in [5.74, 6) is -1.35. The fourth-order valence-electron chi connectivity index (χ4n) is 4.05. The third-order valence-corrected chi connectivity index (χ3v) is 8.23. The molecule has 1 amide bonds. The Morgan fingerprint density at radius 2 is 1.81 bits per heavy atom. The minimum absolute atomic E-state index is 0.124. The Hall–Kier alpha value is -2.77. The van der Waals surface area contributed by atoms with Gasteiger partial charge in [0.2, 0.25) is 11.9 Å². The first-order valence-electron chi connectivity index (χ1n) is 11.4. The molecular weight excluding hydrogens is 540 g/mol. The molecule has 1 aromatic carbocycles. The molecule has 1 unspecified atom stereocenters. The number of halogens is 5. The molecule has 0 N–H and O–H groups in total. The predicted octanol–water partition coefficient (Wildman–Crippen LogP) is 4.30. The molecule has 0 bridgehead atoms. The molecule has 0 aliphatic carbocycles. The highest BCUT2D eigenvalue weighted by Crippen LogP contribution is 2.33. The second-order valence-corrected chi connectivity index (χ2v) is 11.3. The van der Waals surface area contributed by atoms with E-state index in [1.165, 1.54) is 25.3 Å². The summed E-state index contributed by atoms with van der Waals surface area (Å²) in [7, 11) is -3.61. The van der Waals surface area contributed by atoms with E-state index in [0.717, 1.165) is 23.4 Å². The van der Waals surface area contributed by atoms with Gasteiger partial charge in [-0.25, -0.2) is 22.8 Å². The monoisotopic (exact) mass is 562 g/mol. The standard InChI is InChI=1S/C23H23ClF4N4O4S/c1-2-37(34,35)16-3-4-19(18(25)9-16)32-13-17(24)20(10-21(32)33)36-15-5-7-31(8-6-15)22-29-11-14(12-30-22)23(26,27)28/h3-4,9,11-13,15,20H,2,5-8,10H2,1H3. The van der Waals surface area contributed by atoms with E-state index in [2.05, 4.69) is 9.97 Å². The molecular formula is C23H23ClF4N4O4S. The second-order valence-electron chi connectivity index (χ2n) is 8.58. The Morgan fingerprint density at radius 1 is 1.16 bits per heavy atom. The van der Waals surface area contributed by atoms with Gasteiger partial charge in [0, 0.05) is 31.7 Å². The smallest absolute Gasteiger partial charge is 0.369 e. The van der Waals surface area contributed by atoms with E-state index in [-0.39, 0.29) is 39.8 Å². The fraction of sp³-hybridized carbons (Fsp3) is 0.435. The molecule has 0 spiro atoms. The van der Waals surface area contributed by atoms with Crippen molar-refractivity contribution in [3.05, 3.63) is 53.2 Å². The molecule has 2 aliphatic rings. The van der Waals surface area contributed by atoms with E-state index in [9.17, 15) is 30.8 Å². The zero-order chi connectivity index (χ0) is 27.0. The molecule has 37 heavy (non-hydrogen) atoms. The van der Waals surface area contributed by atoms with Crippen molar-refractivity contribution in [3.63, 3.8) is 0 Å². The number of rotatable bonds is 6. The van der Waals surface area contributed by atoms with Crippen LogP contribution in [0.3, 0.4) is 0 Å². The largest absolute Gasteiger partial charge is 0.419 e. The zero-order valence-electron chi connectivity index (χ0n) is 19.6. The third-order valence-electron chi connectivity index (χ3n) is 6.15. The molecule has 200 valence electrons. The second kappa shape index (κ2) is 10.5. The molecule has 4 rings (SSSR count). The Balaban J connectivity index is 1.38. The summed E-state index contributed by atoms with van der Waals surface area (Å²) in [4.78, 5) is 23.0. The first-order chi connectivity index (χ1) is 17.4. The lowest BCUT2D eigenvalue weighted by atomic mass is 10.1. The van der Waals surface area contributed by atoms with Crippen LogP contribution in [0.15, 0.2) is 46.7 Å². The van der Waals surface area contributed by atoms with Crippen LogP contribution < -0.4 is 9.80 Å². The summed E-state index contributed by atoms with van der Waals surface area (Å²) >= 11 is 6.37. The fourth-order valence-corrected chi connectivity index (χ4v) is 5.17. The van der Waals surface area contributed by atoms with Gasteiger partial charge < -0.3 is 9.64 Å². The average Bonchev–Trinajstić information content (AvgIpc) is 2.86. The van der Waals surface area contributed by atoms with E-state index in [1.54, 1.807) is 4.90 Å². The molecule has 2 aromatic rings. The summed E-state index contributed by atoms with van der Waals surface area (Å²) in [6, 6.07) is 3.33. The number of hydrogen-bond acceptors (Lipinski definition) is 7. The van der Waals surface area contributed by atoms with E-state index in [0.29, 0.717) is 25.9 Å². The predicted molar refractivity (Wildman–Crippen MR) is 127 cm³/mol. The number of nitrogens with zero attached hydrogens (tertiary/aromatic N) is 4. The van der Waals surface area contributed by atoms with Crippen molar-refractivity contribution in [1.82, 2.24) is 9.97 Å². The van der Waals surface area contributed by atoms with Gasteiger partial charge in [0.05, 0.1) is 39.5 Å². The van der Waals surface area contributed by atoms with Crippen LogP contribution >= 0.6 is 11.6 Å². The van der Waals surface area contributed by atoms with Gasteiger partial charge in [0.1, 0.15) is 11.9 Å². The summed E-state index contributed by atoms with van der Waals surface area (Å²) < 4.78 is 82.8. The summed E-state index contributed by atoms with van der Waals surface area (Å²) in [6.45, 7) is 2.31. The molecule has 1 fully saturated rings. The minimum Gasteiger partial charge on any atom is -0.369 e. The Bertz CT molecular complexity index is 1300. The van der Waals surface area contributed by atoms with Gasteiger partial charge in [0.15, 0.2) is 9.84 Å². The normalized spacial score (nSPS) is 19.8. The van der Waals surface area contributed by atoms with Crippen molar-refractivity contribution in [2.45, 2.75) is 49.5 Å². The number of aromatic nitrogens is 2. The van der Waals surface area contributed by atoms with E-state index < -0.39 is 39.4 Å².